The fraction of sp³-hybridized carbons (Fsp3) is 0.474. The van der Waals surface area contributed by atoms with Crippen molar-refractivity contribution >= 4 is 5.91 Å². The molecule has 1 aliphatic heterocycles. The molecule has 0 spiro atoms. The Hall–Kier alpha value is -2.17. The molecule has 1 aromatic carbocycles. The van der Waals surface area contributed by atoms with Gasteiger partial charge in [-0.25, -0.2) is 4.39 Å². The summed E-state index contributed by atoms with van der Waals surface area (Å²) in [6.07, 6.45) is 4.88. The predicted molar refractivity (Wildman–Crippen MR) is 87.8 cm³/mol. The predicted octanol–water partition coefficient (Wildman–Crippen LogP) is 3.91. The van der Waals surface area contributed by atoms with Gasteiger partial charge in [0.15, 0.2) is 5.76 Å². The van der Waals surface area contributed by atoms with Gasteiger partial charge < -0.3 is 9.42 Å². The van der Waals surface area contributed by atoms with Crippen LogP contribution in [0, 0.1) is 5.82 Å². The summed E-state index contributed by atoms with van der Waals surface area (Å²) < 4.78 is 19.3. The molecule has 0 radical (unpaired) electrons. The van der Waals surface area contributed by atoms with Crippen LogP contribution in [0.4, 0.5) is 4.39 Å². The number of nitrogens with zero attached hydrogens (tertiary/aromatic N) is 2. The molecule has 0 bridgehead atoms. The SMILES string of the molecule is CC1CCCCN1C(=O)C1(c2cc(-c3ccccc3F)on2)CC1. The number of aromatic nitrogens is 1. The average molecular weight is 328 g/mol. The number of likely N-dealkylation sites (tertiary alicyclic amines) is 1. The summed E-state index contributed by atoms with van der Waals surface area (Å²) >= 11 is 0. The number of carbonyl (C=O) groups excluding carboxylic acids is 1. The normalized spacial score (nSPS) is 22.4. The van der Waals surface area contributed by atoms with Crippen LogP contribution in [0.3, 0.4) is 0 Å². The van der Waals surface area contributed by atoms with Gasteiger partial charge in [-0.15, -0.1) is 0 Å². The Labute approximate surface area is 140 Å². The van der Waals surface area contributed by atoms with Crippen LogP contribution in [0.2, 0.25) is 0 Å². The van der Waals surface area contributed by atoms with E-state index >= 15 is 0 Å². The third kappa shape index (κ3) is 2.43. The van der Waals surface area contributed by atoms with Crippen LogP contribution in [0.15, 0.2) is 34.9 Å². The molecule has 1 aromatic heterocycles. The Morgan fingerprint density at radius 1 is 1.33 bits per heavy atom. The fourth-order valence-corrected chi connectivity index (χ4v) is 3.67. The number of hydrogen-bond donors (Lipinski definition) is 0. The van der Waals surface area contributed by atoms with Crippen molar-refractivity contribution in [3.63, 3.8) is 0 Å². The number of amides is 1. The first kappa shape index (κ1) is 15.4. The van der Waals surface area contributed by atoms with E-state index in [4.69, 9.17) is 4.52 Å². The monoisotopic (exact) mass is 328 g/mol. The maximum atomic E-state index is 13.9. The second-order valence-corrected chi connectivity index (χ2v) is 6.98. The van der Waals surface area contributed by atoms with Gasteiger partial charge in [0.25, 0.3) is 0 Å². The number of carbonyl (C=O) groups is 1. The number of rotatable bonds is 3. The van der Waals surface area contributed by atoms with Crippen LogP contribution >= 0.6 is 0 Å². The summed E-state index contributed by atoms with van der Waals surface area (Å²) in [5, 5.41) is 4.12. The van der Waals surface area contributed by atoms with Gasteiger partial charge in [-0.05, 0) is 51.2 Å². The van der Waals surface area contributed by atoms with Crippen LogP contribution < -0.4 is 0 Å². The first-order chi connectivity index (χ1) is 11.6. The molecule has 4 rings (SSSR count). The third-order valence-electron chi connectivity index (χ3n) is 5.36. The van der Waals surface area contributed by atoms with Crippen molar-refractivity contribution in [1.29, 1.82) is 0 Å². The summed E-state index contributed by atoms with van der Waals surface area (Å²) in [5.41, 5.74) is 0.466. The maximum Gasteiger partial charge on any atom is 0.235 e. The molecule has 1 unspecified atom stereocenters. The zero-order valence-electron chi connectivity index (χ0n) is 13.8. The summed E-state index contributed by atoms with van der Waals surface area (Å²) in [6.45, 7) is 2.93. The molecule has 1 saturated carbocycles. The molecule has 2 aliphatic rings. The van der Waals surface area contributed by atoms with Crippen LogP contribution in [0.5, 0.6) is 0 Å². The Morgan fingerprint density at radius 2 is 2.12 bits per heavy atom. The van der Waals surface area contributed by atoms with Gasteiger partial charge in [0.05, 0.1) is 16.7 Å². The van der Waals surface area contributed by atoms with Gasteiger partial charge in [-0.3, -0.25) is 4.79 Å². The molecule has 2 fully saturated rings. The van der Waals surface area contributed by atoms with Gasteiger partial charge >= 0.3 is 0 Å². The van der Waals surface area contributed by atoms with Crippen LogP contribution in [-0.2, 0) is 10.2 Å². The molecule has 1 aliphatic carbocycles. The Balaban J connectivity index is 1.62. The molecule has 2 aromatic rings. The summed E-state index contributed by atoms with van der Waals surface area (Å²) in [7, 11) is 0. The average Bonchev–Trinajstić information content (AvgIpc) is 3.26. The van der Waals surface area contributed by atoms with Gasteiger partial charge in [0.1, 0.15) is 5.82 Å². The lowest BCUT2D eigenvalue weighted by Crippen LogP contribution is -2.47. The first-order valence-electron chi connectivity index (χ1n) is 8.65. The van der Waals surface area contributed by atoms with Crippen molar-refractivity contribution in [1.82, 2.24) is 10.1 Å². The van der Waals surface area contributed by atoms with E-state index in [9.17, 15) is 9.18 Å². The van der Waals surface area contributed by atoms with Gasteiger partial charge in [0.2, 0.25) is 5.91 Å². The minimum atomic E-state index is -0.557. The zero-order valence-corrected chi connectivity index (χ0v) is 13.8. The molecule has 5 heteroatoms. The number of benzene rings is 1. The third-order valence-corrected chi connectivity index (χ3v) is 5.36. The lowest BCUT2D eigenvalue weighted by molar-refractivity contribution is -0.137. The van der Waals surface area contributed by atoms with Gasteiger partial charge in [0, 0.05) is 18.7 Å². The van der Waals surface area contributed by atoms with E-state index in [-0.39, 0.29) is 17.8 Å². The second kappa shape index (κ2) is 5.72. The van der Waals surface area contributed by atoms with E-state index < -0.39 is 5.41 Å². The minimum absolute atomic E-state index is 0.156. The first-order valence-corrected chi connectivity index (χ1v) is 8.65. The minimum Gasteiger partial charge on any atom is -0.356 e. The van der Waals surface area contributed by atoms with Gasteiger partial charge in [-0.1, -0.05) is 17.3 Å². The van der Waals surface area contributed by atoms with Crippen LogP contribution in [0.1, 0.15) is 44.7 Å². The highest BCUT2D eigenvalue weighted by molar-refractivity contribution is 5.91. The summed E-state index contributed by atoms with van der Waals surface area (Å²) in [4.78, 5) is 15.1. The van der Waals surface area contributed by atoms with Gasteiger partial charge in [-0.2, -0.15) is 0 Å². The topological polar surface area (TPSA) is 46.3 Å². The molecular weight excluding hydrogens is 307 g/mol. The van der Waals surface area contributed by atoms with E-state index in [0.717, 1.165) is 32.2 Å². The largest absolute Gasteiger partial charge is 0.356 e. The molecule has 0 N–H and O–H groups in total. The Bertz CT molecular complexity index is 766. The van der Waals surface area contributed by atoms with Crippen molar-refractivity contribution in [3.05, 3.63) is 41.8 Å². The van der Waals surface area contributed by atoms with Crippen molar-refractivity contribution in [2.75, 3.05) is 6.54 Å². The Kier molecular flexibility index (Phi) is 3.66. The molecular formula is C19H21FN2O2. The molecule has 1 saturated heterocycles. The highest BCUT2D eigenvalue weighted by Crippen LogP contribution is 2.50. The maximum absolute atomic E-state index is 13.9. The molecule has 2 heterocycles. The zero-order chi connectivity index (χ0) is 16.7. The van der Waals surface area contributed by atoms with Crippen molar-refractivity contribution in [3.8, 4) is 11.3 Å². The Morgan fingerprint density at radius 3 is 2.83 bits per heavy atom. The molecule has 1 amide bonds. The van der Waals surface area contributed by atoms with Crippen molar-refractivity contribution in [2.45, 2.75) is 50.5 Å². The van der Waals surface area contributed by atoms with E-state index in [1.165, 1.54) is 12.5 Å². The fourth-order valence-electron chi connectivity index (χ4n) is 3.67. The highest BCUT2D eigenvalue weighted by Gasteiger charge is 2.56. The van der Waals surface area contributed by atoms with E-state index in [1.54, 1.807) is 24.3 Å². The lowest BCUT2D eigenvalue weighted by Gasteiger charge is -2.35. The summed E-state index contributed by atoms with van der Waals surface area (Å²) in [6, 6.07) is 8.46. The number of halogens is 1. The number of hydrogen-bond acceptors (Lipinski definition) is 3. The van der Waals surface area contributed by atoms with E-state index in [0.29, 0.717) is 17.0 Å². The highest BCUT2D eigenvalue weighted by atomic mass is 19.1. The van der Waals surface area contributed by atoms with Crippen LogP contribution in [-0.4, -0.2) is 28.6 Å². The second-order valence-electron chi connectivity index (χ2n) is 6.98. The lowest BCUT2D eigenvalue weighted by atomic mass is 9.95. The summed E-state index contributed by atoms with van der Waals surface area (Å²) in [5.74, 6) is 0.193. The molecule has 126 valence electrons. The van der Waals surface area contributed by atoms with Crippen molar-refractivity contribution < 1.29 is 13.7 Å². The quantitative estimate of drug-likeness (QED) is 0.858. The number of piperidine rings is 1. The van der Waals surface area contributed by atoms with Crippen LogP contribution in [0.25, 0.3) is 11.3 Å². The molecule has 1 atom stereocenters. The van der Waals surface area contributed by atoms with E-state index in [2.05, 4.69) is 12.1 Å². The van der Waals surface area contributed by atoms with E-state index in [1.807, 2.05) is 4.90 Å². The van der Waals surface area contributed by atoms with Crippen molar-refractivity contribution in [2.24, 2.45) is 0 Å². The smallest absolute Gasteiger partial charge is 0.235 e. The molecule has 24 heavy (non-hydrogen) atoms. The standard InChI is InChI=1S/C19H21FN2O2/c1-13-6-4-5-11-22(13)18(23)19(9-10-19)17-12-16(24-21-17)14-7-2-3-8-15(14)20/h2-3,7-8,12-13H,4-6,9-11H2,1H3. The molecule has 4 nitrogen and oxygen atoms in total.